The Morgan fingerprint density at radius 3 is 2.67 bits per heavy atom. The number of rotatable bonds is 5. The average molecular weight is 246 g/mol. The van der Waals surface area contributed by atoms with E-state index in [-0.39, 0.29) is 6.04 Å². The number of aryl methyl sites for hydroxylation is 1. The van der Waals surface area contributed by atoms with Crippen LogP contribution in [0.3, 0.4) is 0 Å². The Labute approximate surface area is 107 Å². The molecule has 0 spiro atoms. The predicted molar refractivity (Wildman–Crippen MR) is 70.2 cm³/mol. The van der Waals surface area contributed by atoms with Gasteiger partial charge in [-0.1, -0.05) is 18.2 Å². The summed E-state index contributed by atoms with van der Waals surface area (Å²) in [5, 5.41) is 0. The molecule has 96 valence electrons. The summed E-state index contributed by atoms with van der Waals surface area (Å²) < 4.78 is 10.9. The summed E-state index contributed by atoms with van der Waals surface area (Å²) in [5.74, 6) is 8.18. The Kier molecular flexibility index (Phi) is 4.02. The molecule has 1 unspecified atom stereocenters. The van der Waals surface area contributed by atoms with E-state index in [9.17, 15) is 0 Å². The molecule has 0 saturated heterocycles. The standard InChI is InChI=1S/C14H18N2O2/c1-10-7-8-14(18-10)12(16-15)9-11-5-3-4-6-13(11)17-2/h3-8,12,16H,9,15H2,1-2H3. The minimum Gasteiger partial charge on any atom is -0.496 e. The number of nitrogens with two attached hydrogens (primary N) is 1. The van der Waals surface area contributed by atoms with Gasteiger partial charge < -0.3 is 9.15 Å². The number of nitrogens with one attached hydrogen (secondary N) is 1. The van der Waals surface area contributed by atoms with Gasteiger partial charge >= 0.3 is 0 Å². The molecular formula is C14H18N2O2. The average Bonchev–Trinajstić information content (AvgIpc) is 2.83. The molecule has 1 aromatic heterocycles. The topological polar surface area (TPSA) is 60.4 Å². The lowest BCUT2D eigenvalue weighted by molar-refractivity contribution is 0.386. The zero-order valence-corrected chi connectivity index (χ0v) is 10.6. The van der Waals surface area contributed by atoms with E-state index in [0.717, 1.165) is 22.8 Å². The van der Waals surface area contributed by atoms with Crippen molar-refractivity contribution in [2.45, 2.75) is 19.4 Å². The van der Waals surface area contributed by atoms with Crippen molar-refractivity contribution in [3.05, 3.63) is 53.5 Å². The summed E-state index contributed by atoms with van der Waals surface area (Å²) in [6.45, 7) is 1.92. The molecule has 1 aromatic carbocycles. The molecule has 2 rings (SSSR count). The molecule has 0 aliphatic carbocycles. The fourth-order valence-corrected chi connectivity index (χ4v) is 1.97. The van der Waals surface area contributed by atoms with Crippen LogP contribution in [-0.2, 0) is 6.42 Å². The monoisotopic (exact) mass is 246 g/mol. The van der Waals surface area contributed by atoms with Gasteiger partial charge in [0.15, 0.2) is 0 Å². The third kappa shape index (κ3) is 2.72. The van der Waals surface area contributed by atoms with Crippen LogP contribution in [0.2, 0.25) is 0 Å². The van der Waals surface area contributed by atoms with Crippen LogP contribution in [0, 0.1) is 6.92 Å². The van der Waals surface area contributed by atoms with Gasteiger partial charge in [0.05, 0.1) is 13.2 Å². The number of furan rings is 1. The van der Waals surface area contributed by atoms with Crippen molar-refractivity contribution < 1.29 is 9.15 Å². The van der Waals surface area contributed by atoms with Crippen molar-refractivity contribution in [1.82, 2.24) is 5.43 Å². The number of para-hydroxylation sites is 1. The van der Waals surface area contributed by atoms with Gasteiger partial charge in [-0.05, 0) is 37.1 Å². The third-order valence-electron chi connectivity index (χ3n) is 2.92. The Hall–Kier alpha value is -1.78. The van der Waals surface area contributed by atoms with Crippen molar-refractivity contribution >= 4 is 0 Å². The van der Waals surface area contributed by atoms with Crippen LogP contribution in [0.15, 0.2) is 40.8 Å². The second-order valence-electron chi connectivity index (χ2n) is 4.18. The van der Waals surface area contributed by atoms with Crippen LogP contribution < -0.4 is 16.0 Å². The third-order valence-corrected chi connectivity index (χ3v) is 2.92. The molecule has 0 radical (unpaired) electrons. The van der Waals surface area contributed by atoms with E-state index in [1.807, 2.05) is 43.3 Å². The van der Waals surface area contributed by atoms with Gasteiger partial charge in [0.2, 0.25) is 0 Å². The fraction of sp³-hybridized carbons (Fsp3) is 0.286. The summed E-state index contributed by atoms with van der Waals surface area (Å²) >= 11 is 0. The van der Waals surface area contributed by atoms with Gasteiger partial charge in [-0.15, -0.1) is 0 Å². The molecule has 0 amide bonds. The van der Waals surface area contributed by atoms with Crippen molar-refractivity contribution in [2.75, 3.05) is 7.11 Å². The molecule has 0 aliphatic heterocycles. The van der Waals surface area contributed by atoms with E-state index in [4.69, 9.17) is 15.0 Å². The predicted octanol–water partition coefficient (Wildman–Crippen LogP) is 2.34. The summed E-state index contributed by atoms with van der Waals surface area (Å²) in [5.41, 5.74) is 3.88. The molecular weight excluding hydrogens is 228 g/mol. The van der Waals surface area contributed by atoms with Gasteiger partial charge in [0, 0.05) is 0 Å². The van der Waals surface area contributed by atoms with Crippen molar-refractivity contribution in [3.63, 3.8) is 0 Å². The molecule has 0 saturated carbocycles. The number of hydrazine groups is 1. The first-order chi connectivity index (χ1) is 8.74. The van der Waals surface area contributed by atoms with E-state index in [1.165, 1.54) is 0 Å². The first kappa shape index (κ1) is 12.7. The summed E-state index contributed by atoms with van der Waals surface area (Å²) in [7, 11) is 1.67. The highest BCUT2D eigenvalue weighted by Crippen LogP contribution is 2.25. The van der Waals surface area contributed by atoms with Crippen LogP contribution in [0.1, 0.15) is 23.1 Å². The summed E-state index contributed by atoms with van der Waals surface area (Å²) in [4.78, 5) is 0. The van der Waals surface area contributed by atoms with Gasteiger partial charge in [-0.2, -0.15) is 0 Å². The molecule has 4 nitrogen and oxygen atoms in total. The maximum Gasteiger partial charge on any atom is 0.122 e. The van der Waals surface area contributed by atoms with Crippen molar-refractivity contribution in [3.8, 4) is 5.75 Å². The first-order valence-corrected chi connectivity index (χ1v) is 5.89. The Balaban J connectivity index is 2.20. The van der Waals surface area contributed by atoms with Gasteiger partial charge in [-0.25, -0.2) is 5.43 Å². The molecule has 0 aliphatic rings. The Bertz CT molecular complexity index is 508. The highest BCUT2D eigenvalue weighted by atomic mass is 16.5. The first-order valence-electron chi connectivity index (χ1n) is 5.89. The number of hydrogen-bond acceptors (Lipinski definition) is 4. The quantitative estimate of drug-likeness (QED) is 0.628. The normalized spacial score (nSPS) is 12.4. The van der Waals surface area contributed by atoms with Gasteiger partial charge in [0.25, 0.3) is 0 Å². The van der Waals surface area contributed by atoms with Crippen LogP contribution in [0.4, 0.5) is 0 Å². The second-order valence-corrected chi connectivity index (χ2v) is 4.18. The van der Waals surface area contributed by atoms with E-state index in [0.29, 0.717) is 6.42 Å². The maximum absolute atomic E-state index is 5.60. The second kappa shape index (κ2) is 5.71. The smallest absolute Gasteiger partial charge is 0.122 e. The fourth-order valence-electron chi connectivity index (χ4n) is 1.97. The lowest BCUT2D eigenvalue weighted by Crippen LogP contribution is -2.29. The van der Waals surface area contributed by atoms with E-state index < -0.39 is 0 Å². The molecule has 0 fully saturated rings. The van der Waals surface area contributed by atoms with Crippen molar-refractivity contribution in [1.29, 1.82) is 0 Å². The zero-order valence-electron chi connectivity index (χ0n) is 10.6. The maximum atomic E-state index is 5.60. The molecule has 0 bridgehead atoms. The zero-order chi connectivity index (χ0) is 13.0. The molecule has 1 atom stereocenters. The molecule has 4 heteroatoms. The Morgan fingerprint density at radius 2 is 2.06 bits per heavy atom. The molecule has 18 heavy (non-hydrogen) atoms. The molecule has 2 aromatic rings. The SMILES string of the molecule is COc1ccccc1CC(NN)c1ccc(C)o1. The lowest BCUT2D eigenvalue weighted by Gasteiger charge is -2.15. The van der Waals surface area contributed by atoms with Crippen molar-refractivity contribution in [2.24, 2.45) is 5.84 Å². The van der Waals surface area contributed by atoms with Gasteiger partial charge in [-0.3, -0.25) is 5.84 Å². The minimum atomic E-state index is -0.0602. The summed E-state index contributed by atoms with van der Waals surface area (Å²) in [6.07, 6.45) is 0.716. The van der Waals surface area contributed by atoms with Crippen LogP contribution in [0.5, 0.6) is 5.75 Å². The number of benzene rings is 1. The molecule has 3 N–H and O–H groups in total. The van der Waals surface area contributed by atoms with E-state index in [1.54, 1.807) is 7.11 Å². The highest BCUT2D eigenvalue weighted by Gasteiger charge is 2.16. The van der Waals surface area contributed by atoms with E-state index >= 15 is 0 Å². The van der Waals surface area contributed by atoms with E-state index in [2.05, 4.69) is 5.43 Å². The highest BCUT2D eigenvalue weighted by molar-refractivity contribution is 5.34. The lowest BCUT2D eigenvalue weighted by atomic mass is 10.0. The Morgan fingerprint density at radius 1 is 1.28 bits per heavy atom. The largest absolute Gasteiger partial charge is 0.496 e. The van der Waals surface area contributed by atoms with Crippen LogP contribution in [0.25, 0.3) is 0 Å². The minimum absolute atomic E-state index is 0.0602. The number of methoxy groups -OCH3 is 1. The van der Waals surface area contributed by atoms with Gasteiger partial charge in [0.1, 0.15) is 17.3 Å². The summed E-state index contributed by atoms with van der Waals surface area (Å²) in [6, 6.07) is 11.7. The molecule has 1 heterocycles. The van der Waals surface area contributed by atoms with Crippen LogP contribution >= 0.6 is 0 Å². The van der Waals surface area contributed by atoms with Crippen LogP contribution in [-0.4, -0.2) is 7.11 Å². The number of ether oxygens (including phenoxy) is 1. The number of hydrogen-bond donors (Lipinski definition) is 2.